The van der Waals surface area contributed by atoms with Crippen LogP contribution in [0.4, 0.5) is 0 Å². The highest BCUT2D eigenvalue weighted by atomic mass is 32.2. The van der Waals surface area contributed by atoms with Crippen molar-refractivity contribution >= 4 is 28.4 Å². The summed E-state index contributed by atoms with van der Waals surface area (Å²) in [6.07, 6.45) is 0. The Labute approximate surface area is 147 Å². The van der Waals surface area contributed by atoms with Crippen LogP contribution < -0.4 is 5.32 Å². The van der Waals surface area contributed by atoms with E-state index in [0.717, 1.165) is 11.3 Å². The normalized spacial score (nSPS) is 10.7. The topological polar surface area (TPSA) is 29.1 Å². The molecule has 3 aromatic rings. The molecule has 0 aromatic heterocycles. The molecular weight excluding hydrogens is 314 g/mol. The average Bonchev–Trinajstić information content (AvgIpc) is 2.60. The van der Waals surface area contributed by atoms with E-state index < -0.39 is 0 Å². The monoisotopic (exact) mass is 335 g/mol. The fourth-order valence-electron chi connectivity index (χ4n) is 2.66. The van der Waals surface area contributed by atoms with E-state index in [0.29, 0.717) is 12.3 Å². The van der Waals surface area contributed by atoms with Gasteiger partial charge >= 0.3 is 0 Å². The molecule has 0 bridgehead atoms. The van der Waals surface area contributed by atoms with Gasteiger partial charge in [0.15, 0.2) is 0 Å². The van der Waals surface area contributed by atoms with Crippen LogP contribution in [-0.2, 0) is 17.1 Å². The zero-order chi connectivity index (χ0) is 16.8. The van der Waals surface area contributed by atoms with Crippen molar-refractivity contribution in [2.75, 3.05) is 5.75 Å². The molecule has 0 atom stereocenters. The standard InChI is InChI=1S/C21H21NOS/c1-16-5-4-6-18(11-16)14-24-15-21(23)22-13-17-9-10-19-7-2-3-8-20(19)12-17/h2-12H,13-15H2,1H3,(H,22,23). The molecule has 3 aromatic carbocycles. The maximum atomic E-state index is 12.0. The molecular formula is C21H21NOS. The van der Waals surface area contributed by atoms with Gasteiger partial charge in [0.05, 0.1) is 5.75 Å². The predicted octanol–water partition coefficient (Wildman–Crippen LogP) is 4.70. The lowest BCUT2D eigenvalue weighted by Gasteiger charge is -2.07. The summed E-state index contributed by atoms with van der Waals surface area (Å²) >= 11 is 1.65. The van der Waals surface area contributed by atoms with Gasteiger partial charge in [-0.3, -0.25) is 4.79 Å². The van der Waals surface area contributed by atoms with Crippen molar-refractivity contribution in [1.82, 2.24) is 5.32 Å². The van der Waals surface area contributed by atoms with Crippen molar-refractivity contribution in [2.24, 2.45) is 0 Å². The largest absolute Gasteiger partial charge is 0.351 e. The van der Waals surface area contributed by atoms with Crippen LogP contribution in [0.3, 0.4) is 0 Å². The highest BCUT2D eigenvalue weighted by Gasteiger charge is 2.03. The fourth-order valence-corrected chi connectivity index (χ4v) is 3.47. The molecule has 1 N–H and O–H groups in total. The van der Waals surface area contributed by atoms with Gasteiger partial charge in [0.1, 0.15) is 0 Å². The number of rotatable bonds is 6. The number of hydrogen-bond acceptors (Lipinski definition) is 2. The minimum absolute atomic E-state index is 0.0841. The second kappa shape index (κ2) is 8.02. The first kappa shape index (κ1) is 16.6. The molecule has 3 rings (SSSR count). The number of amides is 1. The summed E-state index contributed by atoms with van der Waals surface area (Å²) in [5.41, 5.74) is 3.65. The van der Waals surface area contributed by atoms with Crippen LogP contribution in [0.25, 0.3) is 10.8 Å². The van der Waals surface area contributed by atoms with Gasteiger partial charge in [-0.15, -0.1) is 11.8 Å². The number of hydrogen-bond donors (Lipinski definition) is 1. The van der Waals surface area contributed by atoms with Gasteiger partial charge in [0.2, 0.25) is 5.91 Å². The Morgan fingerprint density at radius 1 is 0.917 bits per heavy atom. The first-order chi connectivity index (χ1) is 11.7. The van der Waals surface area contributed by atoms with Gasteiger partial charge in [0.25, 0.3) is 0 Å². The second-order valence-electron chi connectivity index (χ2n) is 5.94. The highest BCUT2D eigenvalue weighted by molar-refractivity contribution is 7.99. The van der Waals surface area contributed by atoms with E-state index >= 15 is 0 Å². The van der Waals surface area contributed by atoms with Crippen molar-refractivity contribution in [1.29, 1.82) is 0 Å². The van der Waals surface area contributed by atoms with E-state index in [2.05, 4.69) is 66.8 Å². The minimum atomic E-state index is 0.0841. The first-order valence-electron chi connectivity index (χ1n) is 8.08. The van der Waals surface area contributed by atoms with Gasteiger partial charge in [-0.05, 0) is 34.9 Å². The molecule has 0 aliphatic carbocycles. The summed E-state index contributed by atoms with van der Waals surface area (Å²) in [6.45, 7) is 2.67. The maximum absolute atomic E-state index is 12.0. The SMILES string of the molecule is Cc1cccc(CSCC(=O)NCc2ccc3ccccc3c2)c1. The van der Waals surface area contributed by atoms with E-state index in [1.807, 2.05) is 12.1 Å². The van der Waals surface area contributed by atoms with E-state index in [4.69, 9.17) is 0 Å². The first-order valence-corrected chi connectivity index (χ1v) is 9.24. The highest BCUT2D eigenvalue weighted by Crippen LogP contribution is 2.16. The summed E-state index contributed by atoms with van der Waals surface area (Å²) in [5, 5.41) is 5.43. The predicted molar refractivity (Wildman–Crippen MR) is 103 cm³/mol. The number of benzene rings is 3. The van der Waals surface area contributed by atoms with Crippen LogP contribution in [-0.4, -0.2) is 11.7 Å². The van der Waals surface area contributed by atoms with Crippen LogP contribution >= 0.6 is 11.8 Å². The molecule has 0 spiro atoms. The fraction of sp³-hybridized carbons (Fsp3) is 0.190. The molecule has 3 heteroatoms. The van der Waals surface area contributed by atoms with Crippen molar-refractivity contribution in [3.05, 3.63) is 83.4 Å². The molecule has 1 amide bonds. The van der Waals surface area contributed by atoms with Crippen LogP contribution in [0.2, 0.25) is 0 Å². The number of nitrogens with one attached hydrogen (secondary N) is 1. The lowest BCUT2D eigenvalue weighted by Crippen LogP contribution is -2.24. The van der Waals surface area contributed by atoms with E-state index in [1.165, 1.54) is 21.9 Å². The summed E-state index contributed by atoms with van der Waals surface area (Å²) in [5.74, 6) is 1.44. The van der Waals surface area contributed by atoms with E-state index in [-0.39, 0.29) is 5.91 Å². The third kappa shape index (κ3) is 4.62. The third-order valence-corrected chi connectivity index (χ3v) is 4.89. The molecule has 0 heterocycles. The Bertz CT molecular complexity index is 844. The van der Waals surface area contributed by atoms with Gasteiger partial charge < -0.3 is 5.32 Å². The lowest BCUT2D eigenvalue weighted by molar-refractivity contribution is -0.118. The molecule has 0 fully saturated rings. The van der Waals surface area contributed by atoms with Crippen LogP contribution in [0.1, 0.15) is 16.7 Å². The molecule has 122 valence electrons. The Morgan fingerprint density at radius 3 is 2.58 bits per heavy atom. The van der Waals surface area contributed by atoms with Crippen molar-refractivity contribution in [3.8, 4) is 0 Å². The summed E-state index contributed by atoms with van der Waals surface area (Å²) in [7, 11) is 0. The number of fused-ring (bicyclic) bond motifs is 1. The molecule has 0 aliphatic rings. The molecule has 24 heavy (non-hydrogen) atoms. The zero-order valence-corrected chi connectivity index (χ0v) is 14.6. The molecule has 2 nitrogen and oxygen atoms in total. The molecule has 0 aliphatic heterocycles. The quantitative estimate of drug-likeness (QED) is 0.707. The maximum Gasteiger partial charge on any atom is 0.230 e. The summed E-state index contributed by atoms with van der Waals surface area (Å²) in [4.78, 5) is 12.0. The third-order valence-electron chi connectivity index (χ3n) is 3.89. The Balaban J connectivity index is 1.46. The van der Waals surface area contributed by atoms with Gasteiger partial charge in [-0.2, -0.15) is 0 Å². The second-order valence-corrected chi connectivity index (χ2v) is 6.93. The number of carbonyl (C=O) groups excluding carboxylic acids is 1. The smallest absolute Gasteiger partial charge is 0.230 e. The van der Waals surface area contributed by atoms with E-state index in [9.17, 15) is 4.79 Å². The van der Waals surface area contributed by atoms with Crippen molar-refractivity contribution in [3.63, 3.8) is 0 Å². The van der Waals surface area contributed by atoms with Gasteiger partial charge in [0, 0.05) is 12.3 Å². The molecule has 0 unspecified atom stereocenters. The average molecular weight is 335 g/mol. The number of aryl methyl sites for hydroxylation is 1. The Hall–Kier alpha value is -2.26. The van der Waals surface area contributed by atoms with Crippen molar-refractivity contribution in [2.45, 2.75) is 19.2 Å². The number of carbonyl (C=O) groups is 1. The minimum Gasteiger partial charge on any atom is -0.351 e. The molecule has 0 saturated heterocycles. The van der Waals surface area contributed by atoms with Crippen LogP contribution in [0.15, 0.2) is 66.7 Å². The summed E-state index contributed by atoms with van der Waals surface area (Å²) in [6, 6.07) is 23.0. The Kier molecular flexibility index (Phi) is 5.55. The molecule has 0 saturated carbocycles. The number of thioether (sulfide) groups is 1. The van der Waals surface area contributed by atoms with Gasteiger partial charge in [-0.1, -0.05) is 66.2 Å². The zero-order valence-electron chi connectivity index (χ0n) is 13.8. The van der Waals surface area contributed by atoms with E-state index in [1.54, 1.807) is 11.8 Å². The van der Waals surface area contributed by atoms with Crippen LogP contribution in [0, 0.1) is 6.92 Å². The van der Waals surface area contributed by atoms with Crippen LogP contribution in [0.5, 0.6) is 0 Å². The summed E-state index contributed by atoms with van der Waals surface area (Å²) < 4.78 is 0. The van der Waals surface area contributed by atoms with Gasteiger partial charge in [-0.25, -0.2) is 0 Å². The van der Waals surface area contributed by atoms with Crippen molar-refractivity contribution < 1.29 is 4.79 Å². The molecule has 0 radical (unpaired) electrons. The lowest BCUT2D eigenvalue weighted by atomic mass is 10.1. The Morgan fingerprint density at radius 2 is 1.75 bits per heavy atom.